The lowest BCUT2D eigenvalue weighted by atomic mass is 10.1. The van der Waals surface area contributed by atoms with Crippen LogP contribution in [0.25, 0.3) is 27.9 Å². The van der Waals surface area contributed by atoms with E-state index in [-0.39, 0.29) is 11.8 Å². The summed E-state index contributed by atoms with van der Waals surface area (Å²) in [6.45, 7) is 0.779. The molecule has 4 rings (SSSR count). The Morgan fingerprint density at radius 3 is 2.69 bits per heavy atom. The zero-order valence-corrected chi connectivity index (χ0v) is 15.5. The number of carbonyl (C=O) groups excluding carboxylic acids is 1. The van der Waals surface area contributed by atoms with E-state index < -0.39 is 0 Å². The largest absolute Gasteiger partial charge is 0.337 e. The summed E-state index contributed by atoms with van der Waals surface area (Å²) in [5.41, 5.74) is 10.1. The number of carbonyl (C=O) groups is 1. The number of amides is 2. The van der Waals surface area contributed by atoms with Crippen LogP contribution in [0.2, 0.25) is 0 Å². The third-order valence-corrected chi connectivity index (χ3v) is 4.40. The van der Waals surface area contributed by atoms with Gasteiger partial charge in [-0.25, -0.2) is 18.7 Å². The summed E-state index contributed by atoms with van der Waals surface area (Å²) in [4.78, 5) is 16.4. The topological polar surface area (TPSA) is 97.3 Å². The normalized spacial score (nSPS) is 10.8. The molecule has 4 N–H and O–H groups in total. The average Bonchev–Trinajstić information content (AvgIpc) is 3.16. The molecule has 4 aromatic rings. The summed E-state index contributed by atoms with van der Waals surface area (Å²) in [7, 11) is 0. The van der Waals surface area contributed by atoms with E-state index in [1.807, 2.05) is 24.4 Å². The Morgan fingerprint density at radius 1 is 1.07 bits per heavy atom. The highest BCUT2D eigenvalue weighted by molar-refractivity contribution is 5.90. The van der Waals surface area contributed by atoms with Crippen LogP contribution in [0, 0.1) is 5.82 Å². The van der Waals surface area contributed by atoms with Gasteiger partial charge in [-0.2, -0.15) is 5.10 Å². The number of urea groups is 1. The van der Waals surface area contributed by atoms with E-state index in [2.05, 4.69) is 20.7 Å². The van der Waals surface area contributed by atoms with E-state index in [1.165, 1.54) is 12.1 Å². The number of hydrogen-bond donors (Lipinski definition) is 3. The maximum absolute atomic E-state index is 13.2. The summed E-state index contributed by atoms with van der Waals surface area (Å²) in [5, 5.41) is 9.84. The molecule has 29 heavy (non-hydrogen) atoms. The second kappa shape index (κ2) is 8.07. The van der Waals surface area contributed by atoms with Crippen LogP contribution in [0.3, 0.4) is 0 Å². The monoisotopic (exact) mass is 390 g/mol. The van der Waals surface area contributed by atoms with Gasteiger partial charge in [0.25, 0.3) is 0 Å². The van der Waals surface area contributed by atoms with Crippen molar-refractivity contribution in [1.82, 2.24) is 19.9 Å². The molecule has 146 valence electrons. The number of hydrogen-bond acceptors (Lipinski definition) is 4. The molecule has 2 aromatic carbocycles. The van der Waals surface area contributed by atoms with Crippen LogP contribution in [0.15, 0.2) is 67.1 Å². The number of nitrogens with zero attached hydrogens (tertiary/aromatic N) is 3. The summed E-state index contributed by atoms with van der Waals surface area (Å²) in [6, 6.07) is 13.4. The molecule has 0 spiro atoms. The minimum absolute atomic E-state index is 0.283. The molecule has 0 fully saturated rings. The third-order valence-electron chi connectivity index (χ3n) is 4.40. The number of aromatic nitrogens is 3. The first kappa shape index (κ1) is 18.6. The van der Waals surface area contributed by atoms with Crippen LogP contribution >= 0.6 is 0 Å². The van der Waals surface area contributed by atoms with Gasteiger partial charge in [-0.3, -0.25) is 0 Å². The lowest BCUT2D eigenvalue weighted by Crippen LogP contribution is -2.32. The van der Waals surface area contributed by atoms with E-state index in [9.17, 15) is 9.18 Å². The number of nitrogens with one attached hydrogen (secondary N) is 2. The third kappa shape index (κ3) is 4.07. The van der Waals surface area contributed by atoms with Gasteiger partial charge in [-0.15, -0.1) is 0 Å². The van der Waals surface area contributed by atoms with Gasteiger partial charge in [-0.1, -0.05) is 24.3 Å². The summed E-state index contributed by atoms with van der Waals surface area (Å²) < 4.78 is 14.8. The Bertz CT molecular complexity index is 1160. The van der Waals surface area contributed by atoms with E-state index in [0.717, 1.165) is 22.3 Å². The maximum atomic E-state index is 13.2. The SMILES string of the molecule is NCCNC(=O)Nc1cccc(-c2cnn3cc(-c4ccc(F)cc4)cnc23)c1. The van der Waals surface area contributed by atoms with Gasteiger partial charge in [0.05, 0.1) is 6.20 Å². The molecule has 0 atom stereocenters. The van der Waals surface area contributed by atoms with Gasteiger partial charge in [0.15, 0.2) is 5.65 Å². The van der Waals surface area contributed by atoms with Crippen LogP contribution in [-0.2, 0) is 0 Å². The molecule has 0 aliphatic carbocycles. The van der Waals surface area contributed by atoms with Crippen LogP contribution in [0.1, 0.15) is 0 Å². The lowest BCUT2D eigenvalue weighted by Gasteiger charge is -2.08. The zero-order chi connectivity index (χ0) is 20.2. The predicted molar refractivity (Wildman–Crippen MR) is 110 cm³/mol. The van der Waals surface area contributed by atoms with Gasteiger partial charge in [0, 0.05) is 42.3 Å². The molecule has 0 bridgehead atoms. The van der Waals surface area contributed by atoms with Crippen molar-refractivity contribution >= 4 is 17.4 Å². The number of fused-ring (bicyclic) bond motifs is 1. The fourth-order valence-electron chi connectivity index (χ4n) is 3.00. The molecule has 2 amide bonds. The lowest BCUT2D eigenvalue weighted by molar-refractivity contribution is 0.252. The molecule has 0 aliphatic heterocycles. The number of nitrogens with two attached hydrogens (primary N) is 1. The molecular weight excluding hydrogens is 371 g/mol. The quantitative estimate of drug-likeness (QED) is 0.487. The minimum atomic E-state index is -0.311. The van der Waals surface area contributed by atoms with E-state index >= 15 is 0 Å². The van der Waals surface area contributed by atoms with Gasteiger partial charge in [0.1, 0.15) is 5.82 Å². The van der Waals surface area contributed by atoms with Crippen LogP contribution in [0.5, 0.6) is 0 Å². The smallest absolute Gasteiger partial charge is 0.319 e. The van der Waals surface area contributed by atoms with Crippen molar-refractivity contribution in [3.8, 4) is 22.3 Å². The second-order valence-electron chi connectivity index (χ2n) is 6.43. The highest BCUT2D eigenvalue weighted by atomic mass is 19.1. The van der Waals surface area contributed by atoms with Gasteiger partial charge < -0.3 is 16.4 Å². The molecule has 0 saturated heterocycles. The number of rotatable bonds is 5. The van der Waals surface area contributed by atoms with Crippen LogP contribution in [0.4, 0.5) is 14.9 Å². The molecule has 0 aliphatic rings. The van der Waals surface area contributed by atoms with E-state index in [0.29, 0.717) is 24.4 Å². The first-order valence-corrected chi connectivity index (χ1v) is 9.09. The van der Waals surface area contributed by atoms with Crippen molar-refractivity contribution in [2.45, 2.75) is 0 Å². The van der Waals surface area contributed by atoms with Gasteiger partial charge >= 0.3 is 6.03 Å². The van der Waals surface area contributed by atoms with Crippen molar-refractivity contribution in [2.75, 3.05) is 18.4 Å². The Balaban J connectivity index is 1.62. The summed E-state index contributed by atoms with van der Waals surface area (Å²) in [5.74, 6) is -0.283. The number of benzene rings is 2. The molecule has 7 nitrogen and oxygen atoms in total. The molecule has 8 heteroatoms. The van der Waals surface area contributed by atoms with Crippen molar-refractivity contribution in [2.24, 2.45) is 5.73 Å². The molecule has 0 saturated carbocycles. The van der Waals surface area contributed by atoms with Crippen molar-refractivity contribution in [3.63, 3.8) is 0 Å². The molecular formula is C21H19FN6O. The van der Waals surface area contributed by atoms with E-state index in [1.54, 1.807) is 35.1 Å². The second-order valence-corrected chi connectivity index (χ2v) is 6.43. The zero-order valence-electron chi connectivity index (χ0n) is 15.5. The maximum Gasteiger partial charge on any atom is 0.319 e. The molecule has 0 radical (unpaired) electrons. The molecule has 0 unspecified atom stereocenters. The van der Waals surface area contributed by atoms with Gasteiger partial charge in [-0.05, 0) is 35.4 Å². The van der Waals surface area contributed by atoms with E-state index in [4.69, 9.17) is 5.73 Å². The van der Waals surface area contributed by atoms with Crippen molar-refractivity contribution < 1.29 is 9.18 Å². The molecule has 2 heterocycles. The van der Waals surface area contributed by atoms with Crippen molar-refractivity contribution in [3.05, 3.63) is 72.9 Å². The number of halogens is 1. The first-order valence-electron chi connectivity index (χ1n) is 9.09. The summed E-state index contributed by atoms with van der Waals surface area (Å²) in [6.07, 6.45) is 5.31. The van der Waals surface area contributed by atoms with Crippen LogP contribution < -0.4 is 16.4 Å². The Kier molecular flexibility index (Phi) is 5.17. The minimum Gasteiger partial charge on any atom is -0.337 e. The standard InChI is InChI=1S/C21H19FN6O/c22-17-6-4-14(5-7-17)16-11-25-20-19(12-26-28(20)13-16)15-2-1-3-18(10-15)27-21(29)24-9-8-23/h1-7,10-13H,8-9,23H2,(H2,24,27,29). The predicted octanol–water partition coefficient (Wildman–Crippen LogP) is 3.28. The van der Waals surface area contributed by atoms with Gasteiger partial charge in [0.2, 0.25) is 0 Å². The number of anilines is 1. The Labute approximate surface area is 166 Å². The first-order chi connectivity index (χ1) is 14.1. The fraction of sp³-hybridized carbons (Fsp3) is 0.0952. The fourth-order valence-corrected chi connectivity index (χ4v) is 3.00. The highest BCUT2D eigenvalue weighted by Crippen LogP contribution is 2.27. The molecule has 2 aromatic heterocycles. The van der Waals surface area contributed by atoms with Crippen LogP contribution in [-0.4, -0.2) is 33.7 Å². The summed E-state index contributed by atoms with van der Waals surface area (Å²) >= 11 is 0. The Morgan fingerprint density at radius 2 is 1.90 bits per heavy atom. The average molecular weight is 390 g/mol. The Hall–Kier alpha value is -3.78. The van der Waals surface area contributed by atoms with Crippen molar-refractivity contribution in [1.29, 1.82) is 0 Å². The highest BCUT2D eigenvalue weighted by Gasteiger charge is 2.11.